The summed E-state index contributed by atoms with van der Waals surface area (Å²) in [4.78, 5) is 42.9. The van der Waals surface area contributed by atoms with Crippen LogP contribution in [0.5, 0.6) is 0 Å². The molecule has 3 heterocycles. The number of carbonyl (C=O) groups is 3. The third kappa shape index (κ3) is 2.88. The first-order valence-corrected chi connectivity index (χ1v) is 9.65. The number of hydrogen-bond acceptors (Lipinski definition) is 4. The van der Waals surface area contributed by atoms with Gasteiger partial charge in [0.05, 0.1) is 11.2 Å². The van der Waals surface area contributed by atoms with E-state index in [4.69, 9.17) is 4.98 Å². The van der Waals surface area contributed by atoms with Crippen LogP contribution in [0, 0.1) is 6.92 Å². The van der Waals surface area contributed by atoms with Crippen molar-refractivity contribution in [2.24, 2.45) is 0 Å². The van der Waals surface area contributed by atoms with Crippen molar-refractivity contribution < 1.29 is 14.4 Å². The Morgan fingerprint density at radius 2 is 1.90 bits per heavy atom. The van der Waals surface area contributed by atoms with Crippen LogP contribution in [0.25, 0.3) is 22.2 Å². The SMILES string of the molecule is Cc1cc2ccccc2nc1-c1ccc2c(c1)CN(C1CCC(=O)NC1=O)C2=O. The van der Waals surface area contributed by atoms with Crippen LogP contribution in [0.3, 0.4) is 0 Å². The van der Waals surface area contributed by atoms with Crippen LogP contribution in [-0.2, 0) is 16.1 Å². The van der Waals surface area contributed by atoms with Crippen LogP contribution >= 0.6 is 0 Å². The molecular weight excluding hydrogens is 366 g/mol. The fourth-order valence-corrected chi connectivity index (χ4v) is 4.24. The molecule has 29 heavy (non-hydrogen) atoms. The largest absolute Gasteiger partial charge is 0.322 e. The molecule has 1 aromatic heterocycles. The van der Waals surface area contributed by atoms with E-state index in [1.165, 1.54) is 0 Å². The van der Waals surface area contributed by atoms with Crippen LogP contribution in [0.15, 0.2) is 48.5 Å². The molecule has 0 radical (unpaired) electrons. The number of amides is 3. The molecule has 2 aromatic carbocycles. The van der Waals surface area contributed by atoms with Gasteiger partial charge in [0.1, 0.15) is 6.04 Å². The van der Waals surface area contributed by atoms with Crippen molar-refractivity contribution in [3.8, 4) is 11.3 Å². The highest BCUT2D eigenvalue weighted by Crippen LogP contribution is 2.32. The quantitative estimate of drug-likeness (QED) is 0.688. The third-order valence-corrected chi connectivity index (χ3v) is 5.71. The smallest absolute Gasteiger partial charge is 0.255 e. The second-order valence-electron chi connectivity index (χ2n) is 7.62. The van der Waals surface area contributed by atoms with Gasteiger partial charge in [0.2, 0.25) is 11.8 Å². The summed E-state index contributed by atoms with van der Waals surface area (Å²) in [5.74, 6) is -0.838. The number of carbonyl (C=O) groups excluding carboxylic acids is 3. The molecule has 6 nitrogen and oxygen atoms in total. The number of piperidine rings is 1. The summed E-state index contributed by atoms with van der Waals surface area (Å²) in [7, 11) is 0. The first kappa shape index (κ1) is 17.6. The summed E-state index contributed by atoms with van der Waals surface area (Å²) in [6.07, 6.45) is 0.616. The average Bonchev–Trinajstić information content (AvgIpc) is 3.03. The average molecular weight is 385 g/mol. The highest BCUT2D eigenvalue weighted by Gasteiger charge is 2.39. The second-order valence-corrected chi connectivity index (χ2v) is 7.62. The van der Waals surface area contributed by atoms with E-state index in [1.54, 1.807) is 4.90 Å². The normalized spacial score (nSPS) is 18.9. The number of fused-ring (bicyclic) bond motifs is 2. The van der Waals surface area contributed by atoms with Gasteiger partial charge in [-0.1, -0.05) is 24.3 Å². The van der Waals surface area contributed by atoms with Crippen molar-refractivity contribution in [3.05, 3.63) is 65.2 Å². The number of hydrogen-bond donors (Lipinski definition) is 1. The van der Waals surface area contributed by atoms with Crippen molar-refractivity contribution in [2.45, 2.75) is 32.4 Å². The summed E-state index contributed by atoms with van der Waals surface area (Å²) < 4.78 is 0. The first-order valence-electron chi connectivity index (χ1n) is 9.65. The number of aryl methyl sites for hydroxylation is 1. The van der Waals surface area contributed by atoms with Crippen LogP contribution in [0.1, 0.15) is 34.3 Å². The molecule has 1 saturated heterocycles. The fraction of sp³-hybridized carbons (Fsp3) is 0.217. The van der Waals surface area contributed by atoms with Gasteiger partial charge in [-0.25, -0.2) is 4.98 Å². The Morgan fingerprint density at radius 3 is 2.72 bits per heavy atom. The molecule has 0 spiro atoms. The van der Waals surface area contributed by atoms with E-state index in [-0.39, 0.29) is 18.2 Å². The number of pyridine rings is 1. The monoisotopic (exact) mass is 385 g/mol. The molecule has 2 aliphatic rings. The van der Waals surface area contributed by atoms with E-state index in [0.717, 1.165) is 33.3 Å². The van der Waals surface area contributed by atoms with Gasteiger partial charge in [-0.15, -0.1) is 0 Å². The summed E-state index contributed by atoms with van der Waals surface area (Å²) in [5, 5.41) is 3.43. The molecule has 1 N–H and O–H groups in total. The maximum absolute atomic E-state index is 12.9. The Balaban J connectivity index is 1.50. The number of imide groups is 1. The summed E-state index contributed by atoms with van der Waals surface area (Å²) >= 11 is 0. The van der Waals surface area contributed by atoms with E-state index in [2.05, 4.69) is 11.4 Å². The van der Waals surface area contributed by atoms with Crippen LogP contribution in [0.2, 0.25) is 0 Å². The van der Waals surface area contributed by atoms with Crippen molar-refractivity contribution in [1.29, 1.82) is 0 Å². The Morgan fingerprint density at radius 1 is 1.07 bits per heavy atom. The zero-order valence-corrected chi connectivity index (χ0v) is 15.9. The van der Waals surface area contributed by atoms with E-state index in [9.17, 15) is 14.4 Å². The van der Waals surface area contributed by atoms with E-state index < -0.39 is 11.9 Å². The molecule has 0 saturated carbocycles. The maximum atomic E-state index is 12.9. The molecule has 1 atom stereocenters. The summed E-state index contributed by atoms with van der Waals surface area (Å²) in [6.45, 7) is 2.39. The number of nitrogens with zero attached hydrogens (tertiary/aromatic N) is 2. The highest BCUT2D eigenvalue weighted by atomic mass is 16.2. The molecule has 0 bridgehead atoms. The van der Waals surface area contributed by atoms with Gasteiger partial charge in [-0.2, -0.15) is 0 Å². The topological polar surface area (TPSA) is 79.4 Å². The Hall–Kier alpha value is -3.54. The Bertz CT molecular complexity index is 1200. The third-order valence-electron chi connectivity index (χ3n) is 5.71. The first-order chi connectivity index (χ1) is 14.0. The van der Waals surface area contributed by atoms with Gasteiger partial charge in [0, 0.05) is 29.5 Å². The zero-order chi connectivity index (χ0) is 20.1. The van der Waals surface area contributed by atoms with E-state index >= 15 is 0 Å². The summed E-state index contributed by atoms with van der Waals surface area (Å²) in [5.41, 5.74) is 5.32. The zero-order valence-electron chi connectivity index (χ0n) is 15.9. The van der Waals surface area contributed by atoms with Gasteiger partial charge < -0.3 is 4.90 Å². The number of benzene rings is 2. The molecule has 0 aliphatic carbocycles. The lowest BCUT2D eigenvalue weighted by Gasteiger charge is -2.29. The predicted molar refractivity (Wildman–Crippen MR) is 108 cm³/mol. The lowest BCUT2D eigenvalue weighted by molar-refractivity contribution is -0.136. The van der Waals surface area contributed by atoms with Gasteiger partial charge >= 0.3 is 0 Å². The van der Waals surface area contributed by atoms with Crippen LogP contribution in [0.4, 0.5) is 0 Å². The van der Waals surface area contributed by atoms with Gasteiger partial charge in [-0.3, -0.25) is 19.7 Å². The predicted octanol–water partition coefficient (Wildman–Crippen LogP) is 2.97. The van der Waals surface area contributed by atoms with E-state index in [1.807, 2.05) is 49.4 Å². The molecule has 2 aliphatic heterocycles. The molecule has 144 valence electrons. The fourth-order valence-electron chi connectivity index (χ4n) is 4.24. The van der Waals surface area contributed by atoms with Gasteiger partial charge in [-0.05, 0) is 48.7 Å². The Kier molecular flexibility index (Phi) is 3.94. The van der Waals surface area contributed by atoms with Crippen LogP contribution < -0.4 is 5.32 Å². The van der Waals surface area contributed by atoms with E-state index in [0.29, 0.717) is 18.5 Å². The number of rotatable bonds is 2. The minimum atomic E-state index is -0.600. The van der Waals surface area contributed by atoms with Crippen molar-refractivity contribution in [2.75, 3.05) is 0 Å². The molecule has 6 heteroatoms. The standard InChI is InChI=1S/C23H19N3O3/c1-13-10-14-4-2-3-5-18(14)24-21(13)15-6-7-17-16(11-15)12-26(23(17)29)19-8-9-20(27)25-22(19)28/h2-7,10-11,19H,8-9,12H2,1H3,(H,25,27,28). The van der Waals surface area contributed by atoms with Crippen molar-refractivity contribution in [1.82, 2.24) is 15.2 Å². The molecular formula is C23H19N3O3. The minimum absolute atomic E-state index is 0.163. The molecule has 1 unspecified atom stereocenters. The Labute approximate surface area is 167 Å². The summed E-state index contributed by atoms with van der Waals surface area (Å²) in [6, 6.07) is 15.2. The molecule has 3 aromatic rings. The minimum Gasteiger partial charge on any atom is -0.322 e. The van der Waals surface area contributed by atoms with Gasteiger partial charge in [0.15, 0.2) is 0 Å². The lowest BCUT2D eigenvalue weighted by atomic mass is 10.00. The second kappa shape index (κ2) is 6.51. The van der Waals surface area contributed by atoms with Crippen molar-refractivity contribution >= 4 is 28.6 Å². The number of nitrogens with one attached hydrogen (secondary N) is 1. The number of aromatic nitrogens is 1. The van der Waals surface area contributed by atoms with Crippen molar-refractivity contribution in [3.63, 3.8) is 0 Å². The maximum Gasteiger partial charge on any atom is 0.255 e. The van der Waals surface area contributed by atoms with Gasteiger partial charge in [0.25, 0.3) is 5.91 Å². The molecule has 1 fully saturated rings. The van der Waals surface area contributed by atoms with Crippen LogP contribution in [-0.4, -0.2) is 33.6 Å². The lowest BCUT2D eigenvalue weighted by Crippen LogP contribution is -2.52. The number of para-hydroxylation sites is 1. The molecule has 5 rings (SSSR count). The molecule has 3 amide bonds. The highest BCUT2D eigenvalue weighted by molar-refractivity contribution is 6.05.